The van der Waals surface area contributed by atoms with E-state index in [1.165, 1.54) is 0 Å². The zero-order valence-electron chi connectivity index (χ0n) is 16.8. The second-order valence-electron chi connectivity index (χ2n) is 6.68. The number of furan rings is 1. The summed E-state index contributed by atoms with van der Waals surface area (Å²) < 4.78 is 34.8. The van der Waals surface area contributed by atoms with E-state index in [0.29, 0.717) is 16.9 Å². The average molecular weight is 401 g/mol. The lowest BCUT2D eigenvalue weighted by Gasteiger charge is -2.21. The second kappa shape index (κ2) is 9.95. The van der Waals surface area contributed by atoms with E-state index in [2.05, 4.69) is 10.0 Å². The molecule has 0 saturated heterocycles. The van der Waals surface area contributed by atoms with Gasteiger partial charge in [0.15, 0.2) is 0 Å². The van der Waals surface area contributed by atoms with Gasteiger partial charge in [-0.2, -0.15) is 0 Å². The van der Waals surface area contributed by atoms with Gasteiger partial charge >= 0.3 is 13.6 Å². The van der Waals surface area contributed by atoms with Crippen molar-refractivity contribution >= 4 is 13.6 Å². The van der Waals surface area contributed by atoms with Crippen LogP contribution in [0.3, 0.4) is 0 Å². The lowest BCUT2D eigenvalue weighted by molar-refractivity contribution is 0.0484. The van der Waals surface area contributed by atoms with Crippen molar-refractivity contribution in [2.75, 3.05) is 19.8 Å². The third kappa shape index (κ3) is 6.11. The Morgan fingerprint density at radius 3 is 2.19 bits per heavy atom. The van der Waals surface area contributed by atoms with Crippen LogP contribution in [0.5, 0.6) is 0 Å². The predicted molar refractivity (Wildman–Crippen MR) is 101 cm³/mol. The predicted octanol–water partition coefficient (Wildman–Crippen LogP) is 5.33. The van der Waals surface area contributed by atoms with Crippen LogP contribution in [0, 0.1) is 0 Å². The molecule has 0 radical (unpaired) electrons. The quantitative estimate of drug-likeness (QED) is 0.172. The molecular formula is C17H28N3O6P. The summed E-state index contributed by atoms with van der Waals surface area (Å²) in [6.45, 7) is 11.2. The molecule has 1 heterocycles. The van der Waals surface area contributed by atoms with Crippen LogP contribution in [-0.2, 0) is 36.5 Å². The SMILES string of the molecule is CCOC(=O)c1oc(C(C)(C)C)c(CP(=O)(OCC)OCC)c1CN=[N+]=[N-]. The summed E-state index contributed by atoms with van der Waals surface area (Å²) in [6, 6.07) is 0. The molecule has 1 aromatic rings. The maximum atomic E-state index is 13.1. The normalized spacial score (nSPS) is 11.9. The molecule has 0 aliphatic heterocycles. The van der Waals surface area contributed by atoms with Crippen LogP contribution in [0.15, 0.2) is 9.53 Å². The molecule has 0 aromatic carbocycles. The summed E-state index contributed by atoms with van der Waals surface area (Å²) in [6.07, 6.45) is -0.0968. The van der Waals surface area contributed by atoms with Gasteiger partial charge in [-0.15, -0.1) is 0 Å². The van der Waals surface area contributed by atoms with Gasteiger partial charge in [0, 0.05) is 21.5 Å². The first-order valence-corrected chi connectivity index (χ1v) is 10.6. The number of azide groups is 1. The van der Waals surface area contributed by atoms with Crippen molar-refractivity contribution in [3.63, 3.8) is 0 Å². The lowest BCUT2D eigenvalue weighted by atomic mass is 9.89. The van der Waals surface area contributed by atoms with Crippen LogP contribution in [0.2, 0.25) is 0 Å². The molecule has 0 spiro atoms. The molecule has 152 valence electrons. The lowest BCUT2D eigenvalue weighted by Crippen LogP contribution is -2.13. The van der Waals surface area contributed by atoms with Crippen molar-refractivity contribution in [1.29, 1.82) is 0 Å². The van der Waals surface area contributed by atoms with E-state index in [4.69, 9.17) is 23.7 Å². The number of ether oxygens (including phenoxy) is 1. The molecule has 0 saturated carbocycles. The number of nitrogens with zero attached hydrogens (tertiary/aromatic N) is 3. The molecule has 0 atom stereocenters. The third-order valence-corrected chi connectivity index (χ3v) is 5.56. The summed E-state index contributed by atoms with van der Waals surface area (Å²) in [5.74, 6) is -0.267. The van der Waals surface area contributed by atoms with Crippen LogP contribution in [0.4, 0.5) is 0 Å². The molecule has 1 rings (SSSR count). The first kappa shape index (κ1) is 23.2. The maximum absolute atomic E-state index is 13.1. The highest BCUT2D eigenvalue weighted by Gasteiger charge is 2.36. The summed E-state index contributed by atoms with van der Waals surface area (Å²) in [4.78, 5) is 15.1. The van der Waals surface area contributed by atoms with Gasteiger partial charge in [-0.3, -0.25) is 4.57 Å². The van der Waals surface area contributed by atoms with E-state index >= 15 is 0 Å². The van der Waals surface area contributed by atoms with Gasteiger partial charge < -0.3 is 18.2 Å². The second-order valence-corrected chi connectivity index (χ2v) is 8.74. The maximum Gasteiger partial charge on any atom is 0.374 e. The summed E-state index contributed by atoms with van der Waals surface area (Å²) in [7, 11) is -3.48. The van der Waals surface area contributed by atoms with E-state index in [9.17, 15) is 9.36 Å². The molecule has 27 heavy (non-hydrogen) atoms. The summed E-state index contributed by atoms with van der Waals surface area (Å²) >= 11 is 0. The first-order valence-electron chi connectivity index (χ1n) is 8.84. The molecule has 0 unspecified atom stereocenters. The Hall–Kier alpha value is -1.79. The van der Waals surface area contributed by atoms with Crippen molar-refractivity contribution in [2.24, 2.45) is 5.11 Å². The Morgan fingerprint density at radius 1 is 1.15 bits per heavy atom. The Kier molecular flexibility index (Phi) is 8.57. The fourth-order valence-corrected chi connectivity index (χ4v) is 4.38. The standard InChI is InChI=1S/C17H28N3O6P/c1-7-23-16(21)14-12(10-19-20-18)13(15(26-14)17(4,5)6)11-27(22,24-8-2)25-9-3/h7-11H2,1-6H3. The van der Waals surface area contributed by atoms with Crippen molar-refractivity contribution in [2.45, 2.75) is 59.7 Å². The largest absolute Gasteiger partial charge is 0.460 e. The average Bonchev–Trinajstić information content (AvgIpc) is 2.91. The van der Waals surface area contributed by atoms with Gasteiger partial charge in [0.25, 0.3) is 0 Å². The van der Waals surface area contributed by atoms with Crippen molar-refractivity contribution < 1.29 is 27.6 Å². The van der Waals surface area contributed by atoms with Crippen molar-refractivity contribution in [1.82, 2.24) is 0 Å². The van der Waals surface area contributed by atoms with Gasteiger partial charge in [0.1, 0.15) is 5.76 Å². The monoisotopic (exact) mass is 401 g/mol. The molecule has 0 amide bonds. The van der Waals surface area contributed by atoms with E-state index in [1.807, 2.05) is 20.8 Å². The summed E-state index contributed by atoms with van der Waals surface area (Å²) in [5.41, 5.74) is 9.05. The number of carbonyl (C=O) groups is 1. The van der Waals surface area contributed by atoms with Gasteiger partial charge in [0.05, 0.1) is 32.5 Å². The van der Waals surface area contributed by atoms with E-state index in [1.54, 1.807) is 20.8 Å². The van der Waals surface area contributed by atoms with Gasteiger partial charge in [-0.1, -0.05) is 25.9 Å². The van der Waals surface area contributed by atoms with Crippen LogP contribution < -0.4 is 0 Å². The number of rotatable bonds is 10. The van der Waals surface area contributed by atoms with E-state index < -0.39 is 19.0 Å². The molecule has 1 aromatic heterocycles. The van der Waals surface area contributed by atoms with Crippen LogP contribution in [-0.4, -0.2) is 25.8 Å². The number of hydrogen-bond acceptors (Lipinski definition) is 7. The highest BCUT2D eigenvalue weighted by Crippen LogP contribution is 2.53. The fourth-order valence-electron chi connectivity index (χ4n) is 2.62. The minimum Gasteiger partial charge on any atom is -0.460 e. The zero-order chi connectivity index (χ0) is 20.7. The molecule has 0 aliphatic rings. The number of hydrogen-bond donors (Lipinski definition) is 0. The molecule has 10 heteroatoms. The van der Waals surface area contributed by atoms with Gasteiger partial charge in [-0.05, 0) is 26.3 Å². The molecule has 0 bridgehead atoms. The Labute approximate surface area is 159 Å². The van der Waals surface area contributed by atoms with Crippen molar-refractivity contribution in [3.05, 3.63) is 33.1 Å². The highest BCUT2D eigenvalue weighted by atomic mass is 31.2. The third-order valence-electron chi connectivity index (χ3n) is 3.55. The number of carbonyl (C=O) groups excluding carboxylic acids is 1. The van der Waals surface area contributed by atoms with Gasteiger partial charge in [0.2, 0.25) is 5.76 Å². The highest BCUT2D eigenvalue weighted by molar-refractivity contribution is 7.53. The number of esters is 1. The molecule has 0 N–H and O–H groups in total. The Balaban J connectivity index is 3.63. The molecule has 9 nitrogen and oxygen atoms in total. The fraction of sp³-hybridized carbons (Fsp3) is 0.706. The summed E-state index contributed by atoms with van der Waals surface area (Å²) in [5, 5.41) is 3.56. The van der Waals surface area contributed by atoms with E-state index in [0.717, 1.165) is 0 Å². The molecule has 0 aliphatic carbocycles. The topological polar surface area (TPSA) is 124 Å². The zero-order valence-corrected chi connectivity index (χ0v) is 17.7. The van der Waals surface area contributed by atoms with E-state index in [-0.39, 0.29) is 38.3 Å². The first-order chi connectivity index (χ1) is 12.6. The Morgan fingerprint density at radius 2 is 1.74 bits per heavy atom. The van der Waals surface area contributed by atoms with Crippen LogP contribution in [0.25, 0.3) is 10.4 Å². The molecule has 0 fully saturated rings. The van der Waals surface area contributed by atoms with Crippen LogP contribution in [0.1, 0.15) is 69.0 Å². The van der Waals surface area contributed by atoms with Gasteiger partial charge in [-0.25, -0.2) is 4.79 Å². The van der Waals surface area contributed by atoms with Crippen LogP contribution >= 0.6 is 7.60 Å². The molecular weight excluding hydrogens is 373 g/mol. The van der Waals surface area contributed by atoms with Crippen molar-refractivity contribution in [3.8, 4) is 0 Å². The smallest absolute Gasteiger partial charge is 0.374 e. The Bertz CT molecular complexity index is 737. The minimum atomic E-state index is -3.48. The minimum absolute atomic E-state index is 0.0521.